The van der Waals surface area contributed by atoms with Crippen LogP contribution in [0.1, 0.15) is 44.2 Å². The molecule has 1 aromatic rings. The van der Waals surface area contributed by atoms with Gasteiger partial charge in [-0.15, -0.1) is 0 Å². The number of morpholine rings is 1. The zero-order valence-electron chi connectivity index (χ0n) is 16.2. The number of hydrogen-bond acceptors (Lipinski definition) is 3. The number of ether oxygens (including phenoxy) is 1. The Morgan fingerprint density at radius 1 is 1.00 bits per heavy atom. The maximum absolute atomic E-state index is 12.9. The minimum atomic E-state index is -3.36. The van der Waals surface area contributed by atoms with Crippen molar-refractivity contribution in [1.82, 2.24) is 8.61 Å². The molecule has 0 aliphatic carbocycles. The molecule has 0 bridgehead atoms. The van der Waals surface area contributed by atoms with Crippen molar-refractivity contribution < 1.29 is 13.2 Å². The molecular weight excluding hydrogens is 348 g/mol. The van der Waals surface area contributed by atoms with E-state index in [1.54, 1.807) is 8.61 Å². The normalized spacial score (nSPS) is 26.9. The Morgan fingerprint density at radius 3 is 2.15 bits per heavy atom. The minimum Gasteiger partial charge on any atom is -0.373 e. The van der Waals surface area contributed by atoms with Crippen LogP contribution in [0.2, 0.25) is 0 Å². The largest absolute Gasteiger partial charge is 0.373 e. The predicted octanol–water partition coefficient (Wildman–Crippen LogP) is 2.99. The highest BCUT2D eigenvalue weighted by molar-refractivity contribution is 7.86. The van der Waals surface area contributed by atoms with Crippen LogP contribution in [0, 0.1) is 12.8 Å². The maximum atomic E-state index is 12.9. The molecule has 2 aliphatic rings. The van der Waals surface area contributed by atoms with E-state index in [1.807, 2.05) is 13.8 Å². The van der Waals surface area contributed by atoms with Gasteiger partial charge in [-0.2, -0.15) is 17.0 Å². The van der Waals surface area contributed by atoms with E-state index in [9.17, 15) is 8.42 Å². The second-order valence-corrected chi connectivity index (χ2v) is 9.88. The van der Waals surface area contributed by atoms with Crippen LogP contribution in [0.15, 0.2) is 24.3 Å². The lowest BCUT2D eigenvalue weighted by Gasteiger charge is -2.39. The molecule has 2 saturated heterocycles. The molecule has 2 heterocycles. The Morgan fingerprint density at radius 2 is 1.58 bits per heavy atom. The van der Waals surface area contributed by atoms with Gasteiger partial charge in [-0.3, -0.25) is 0 Å². The lowest BCUT2D eigenvalue weighted by Crippen LogP contribution is -2.54. The third-order valence-electron chi connectivity index (χ3n) is 5.57. The molecule has 0 amide bonds. The smallest absolute Gasteiger partial charge is 0.282 e. The lowest BCUT2D eigenvalue weighted by molar-refractivity contribution is -0.0456. The van der Waals surface area contributed by atoms with Crippen LogP contribution in [0.5, 0.6) is 0 Å². The average Bonchev–Trinajstić information content (AvgIpc) is 2.61. The summed E-state index contributed by atoms with van der Waals surface area (Å²) in [7, 11) is -3.36. The van der Waals surface area contributed by atoms with Crippen LogP contribution in [-0.2, 0) is 21.4 Å². The fraction of sp³-hybridized carbons (Fsp3) is 0.700. The highest BCUT2D eigenvalue weighted by Gasteiger charge is 2.36. The molecule has 2 aliphatic heterocycles. The van der Waals surface area contributed by atoms with Gasteiger partial charge < -0.3 is 4.74 Å². The van der Waals surface area contributed by atoms with Crippen LogP contribution >= 0.6 is 0 Å². The summed E-state index contributed by atoms with van der Waals surface area (Å²) in [6, 6.07) is 8.73. The fourth-order valence-corrected chi connectivity index (χ4v) is 5.83. The maximum Gasteiger partial charge on any atom is 0.282 e. The molecule has 146 valence electrons. The first-order valence-electron chi connectivity index (χ1n) is 9.81. The number of benzene rings is 1. The number of piperidine rings is 1. The molecule has 0 spiro atoms. The van der Waals surface area contributed by atoms with Gasteiger partial charge in [0.1, 0.15) is 0 Å². The van der Waals surface area contributed by atoms with Gasteiger partial charge in [0.05, 0.1) is 12.2 Å². The number of aryl methyl sites for hydroxylation is 2. The first kappa shape index (κ1) is 19.8. The Labute approximate surface area is 158 Å². The van der Waals surface area contributed by atoms with E-state index < -0.39 is 10.2 Å². The van der Waals surface area contributed by atoms with E-state index >= 15 is 0 Å². The van der Waals surface area contributed by atoms with E-state index in [-0.39, 0.29) is 12.2 Å². The Hall–Kier alpha value is -0.950. The summed E-state index contributed by atoms with van der Waals surface area (Å²) in [6.07, 6.45) is 4.06. The van der Waals surface area contributed by atoms with Crippen LogP contribution in [0.25, 0.3) is 0 Å². The molecule has 0 radical (unpaired) electrons. The second kappa shape index (κ2) is 8.38. The zero-order chi connectivity index (χ0) is 18.7. The summed E-state index contributed by atoms with van der Waals surface area (Å²) in [5.41, 5.74) is 2.67. The lowest BCUT2D eigenvalue weighted by atomic mass is 9.91. The molecule has 26 heavy (non-hydrogen) atoms. The molecule has 0 N–H and O–H groups in total. The molecule has 0 saturated carbocycles. The first-order chi connectivity index (χ1) is 12.3. The quantitative estimate of drug-likeness (QED) is 0.789. The fourth-order valence-electron chi connectivity index (χ4n) is 4.04. The van der Waals surface area contributed by atoms with Gasteiger partial charge in [0.2, 0.25) is 0 Å². The van der Waals surface area contributed by atoms with Gasteiger partial charge in [-0.05, 0) is 57.9 Å². The predicted molar refractivity (Wildman–Crippen MR) is 104 cm³/mol. The third kappa shape index (κ3) is 4.85. The molecule has 2 atom stereocenters. The van der Waals surface area contributed by atoms with Crippen molar-refractivity contribution >= 4 is 10.2 Å². The summed E-state index contributed by atoms with van der Waals surface area (Å²) in [6.45, 7) is 8.18. The van der Waals surface area contributed by atoms with Crippen molar-refractivity contribution in [2.24, 2.45) is 5.92 Å². The van der Waals surface area contributed by atoms with Crippen LogP contribution in [0.4, 0.5) is 0 Å². The van der Waals surface area contributed by atoms with Crippen molar-refractivity contribution in [2.75, 3.05) is 26.2 Å². The number of nitrogens with zero attached hydrogens (tertiary/aromatic N) is 2. The summed E-state index contributed by atoms with van der Waals surface area (Å²) in [4.78, 5) is 0. The van der Waals surface area contributed by atoms with Crippen LogP contribution in [0.3, 0.4) is 0 Å². The van der Waals surface area contributed by atoms with Crippen LogP contribution in [-0.4, -0.2) is 55.4 Å². The monoisotopic (exact) mass is 380 g/mol. The number of hydrogen-bond donors (Lipinski definition) is 0. The van der Waals surface area contributed by atoms with Gasteiger partial charge in [0.25, 0.3) is 10.2 Å². The van der Waals surface area contributed by atoms with Crippen LogP contribution < -0.4 is 0 Å². The van der Waals surface area contributed by atoms with Crippen molar-refractivity contribution in [3.8, 4) is 0 Å². The second-order valence-electron chi connectivity index (χ2n) is 7.95. The average molecular weight is 381 g/mol. The molecule has 3 rings (SSSR count). The van der Waals surface area contributed by atoms with E-state index in [0.29, 0.717) is 32.1 Å². The van der Waals surface area contributed by atoms with Crippen molar-refractivity contribution in [3.05, 3.63) is 35.4 Å². The molecule has 1 aromatic carbocycles. The molecule has 6 heteroatoms. The Kier molecular flexibility index (Phi) is 6.38. The molecule has 0 unspecified atom stereocenters. The summed E-state index contributed by atoms with van der Waals surface area (Å²) in [5, 5.41) is 0. The highest BCUT2D eigenvalue weighted by Crippen LogP contribution is 2.26. The Bertz CT molecular complexity index is 672. The van der Waals surface area contributed by atoms with Crippen molar-refractivity contribution in [2.45, 2.75) is 58.7 Å². The first-order valence-corrected chi connectivity index (χ1v) is 11.2. The van der Waals surface area contributed by atoms with E-state index in [1.165, 1.54) is 11.1 Å². The summed E-state index contributed by atoms with van der Waals surface area (Å²) >= 11 is 0. The summed E-state index contributed by atoms with van der Waals surface area (Å²) in [5.74, 6) is 0.616. The zero-order valence-corrected chi connectivity index (χ0v) is 17.0. The molecule has 2 fully saturated rings. The standard InChI is InChI=1S/C20H32N2O3S/c1-16-4-6-19(7-5-16)8-9-20-10-12-21(13-11-20)26(23,24)22-14-17(2)25-18(3)15-22/h4-7,17-18,20H,8-15H2,1-3H3/t17-,18+. The van der Waals surface area contributed by atoms with Gasteiger partial charge in [-0.25, -0.2) is 0 Å². The van der Waals surface area contributed by atoms with E-state index in [2.05, 4.69) is 31.2 Å². The highest BCUT2D eigenvalue weighted by atomic mass is 32.2. The molecule has 0 aromatic heterocycles. The summed E-state index contributed by atoms with van der Waals surface area (Å²) < 4.78 is 34.9. The van der Waals surface area contributed by atoms with Gasteiger partial charge in [0, 0.05) is 26.2 Å². The van der Waals surface area contributed by atoms with E-state index in [4.69, 9.17) is 4.74 Å². The third-order valence-corrected chi connectivity index (χ3v) is 7.54. The number of rotatable bonds is 5. The van der Waals surface area contributed by atoms with Gasteiger partial charge >= 0.3 is 0 Å². The van der Waals surface area contributed by atoms with E-state index in [0.717, 1.165) is 25.7 Å². The van der Waals surface area contributed by atoms with Crippen molar-refractivity contribution in [1.29, 1.82) is 0 Å². The Balaban J connectivity index is 1.50. The van der Waals surface area contributed by atoms with Gasteiger partial charge in [0.15, 0.2) is 0 Å². The molecular formula is C20H32N2O3S. The topological polar surface area (TPSA) is 49.9 Å². The van der Waals surface area contributed by atoms with Gasteiger partial charge in [-0.1, -0.05) is 29.8 Å². The SMILES string of the molecule is Cc1ccc(CCC2CCN(S(=O)(=O)N3C[C@@H](C)O[C@@H](C)C3)CC2)cc1. The molecule has 5 nitrogen and oxygen atoms in total. The van der Waals surface area contributed by atoms with Crippen molar-refractivity contribution in [3.63, 3.8) is 0 Å². The minimum absolute atomic E-state index is 0.0411.